The van der Waals surface area contributed by atoms with E-state index in [0.717, 1.165) is 45.3 Å². The molecular formula is C24H31NO2. The quantitative estimate of drug-likeness (QED) is 0.745. The van der Waals surface area contributed by atoms with E-state index in [2.05, 4.69) is 30.3 Å². The molecule has 1 aromatic carbocycles. The van der Waals surface area contributed by atoms with Crippen LogP contribution in [0.3, 0.4) is 0 Å². The molecule has 4 aliphatic rings. The second-order valence-electron chi connectivity index (χ2n) is 9.35. The molecule has 0 spiro atoms. The molecule has 1 unspecified atom stereocenters. The number of benzene rings is 1. The van der Waals surface area contributed by atoms with E-state index in [9.17, 15) is 5.26 Å². The third-order valence-corrected chi connectivity index (χ3v) is 8.23. The highest BCUT2D eigenvalue weighted by Gasteiger charge is 2.59. The van der Waals surface area contributed by atoms with Crippen LogP contribution in [-0.4, -0.2) is 19.5 Å². The van der Waals surface area contributed by atoms with Gasteiger partial charge in [0.05, 0.1) is 18.1 Å². The standard InChI is InChI=1S/C24H31NO2/c25-16-24-14-13-23(17-27-22-9-3-4-15-26-22)12-5-8-20(23)21(24)11-10-18-6-1-2-7-19(18)24/h1-2,6-7,20-22H,3-5,8-15,17H2/t20-,21-,22?,23-,24-/m0/s1. The Labute approximate surface area is 163 Å². The molecule has 3 heteroatoms. The Hall–Kier alpha value is -1.37. The average Bonchev–Trinajstić information content (AvgIpc) is 3.17. The Morgan fingerprint density at radius 2 is 1.96 bits per heavy atom. The maximum absolute atomic E-state index is 10.4. The summed E-state index contributed by atoms with van der Waals surface area (Å²) in [4.78, 5) is 0. The van der Waals surface area contributed by atoms with Crippen molar-refractivity contribution < 1.29 is 9.47 Å². The van der Waals surface area contributed by atoms with Crippen LogP contribution in [0.25, 0.3) is 0 Å². The molecule has 1 heterocycles. The SMILES string of the molecule is N#C[C@]12CC[C@]3(COC4CCCCO4)CCC[C@H]3[C@@H]1CCc1ccccc12. The van der Waals surface area contributed by atoms with Gasteiger partial charge in [-0.2, -0.15) is 5.26 Å². The fraction of sp³-hybridized carbons (Fsp3) is 0.708. The van der Waals surface area contributed by atoms with Gasteiger partial charge in [0, 0.05) is 6.61 Å². The molecular weight excluding hydrogens is 334 g/mol. The van der Waals surface area contributed by atoms with Crippen molar-refractivity contribution >= 4 is 0 Å². The second-order valence-corrected chi connectivity index (χ2v) is 9.35. The van der Waals surface area contributed by atoms with Crippen LogP contribution in [0.1, 0.15) is 68.9 Å². The first kappa shape index (κ1) is 17.7. The molecule has 3 nitrogen and oxygen atoms in total. The smallest absolute Gasteiger partial charge is 0.157 e. The highest BCUT2D eigenvalue weighted by atomic mass is 16.7. The maximum atomic E-state index is 10.4. The molecule has 0 radical (unpaired) electrons. The summed E-state index contributed by atoms with van der Waals surface area (Å²) in [5.41, 5.74) is 2.75. The summed E-state index contributed by atoms with van der Waals surface area (Å²) in [6.45, 7) is 1.68. The normalized spacial score (nSPS) is 40.5. The van der Waals surface area contributed by atoms with Crippen LogP contribution in [0.2, 0.25) is 0 Å². The molecule has 1 aliphatic heterocycles. The largest absolute Gasteiger partial charge is 0.353 e. The van der Waals surface area contributed by atoms with Gasteiger partial charge in [-0.3, -0.25) is 0 Å². The maximum Gasteiger partial charge on any atom is 0.157 e. The van der Waals surface area contributed by atoms with Gasteiger partial charge in [-0.1, -0.05) is 30.7 Å². The molecule has 0 bridgehead atoms. The van der Waals surface area contributed by atoms with E-state index in [1.807, 2.05) is 0 Å². The molecule has 3 aliphatic carbocycles. The van der Waals surface area contributed by atoms with Gasteiger partial charge in [-0.05, 0) is 86.2 Å². The number of nitriles is 1. The molecule has 1 aromatic rings. The predicted molar refractivity (Wildman–Crippen MR) is 104 cm³/mol. The average molecular weight is 366 g/mol. The lowest BCUT2D eigenvalue weighted by atomic mass is 9.49. The van der Waals surface area contributed by atoms with Crippen molar-refractivity contribution in [1.29, 1.82) is 5.26 Å². The Morgan fingerprint density at radius 1 is 1.04 bits per heavy atom. The van der Waals surface area contributed by atoms with Crippen molar-refractivity contribution in [3.63, 3.8) is 0 Å². The molecule has 3 fully saturated rings. The summed E-state index contributed by atoms with van der Waals surface area (Å²) in [6, 6.07) is 11.6. The van der Waals surface area contributed by atoms with Gasteiger partial charge in [0.2, 0.25) is 0 Å². The number of aryl methyl sites for hydroxylation is 1. The Bertz CT molecular complexity index is 734. The molecule has 1 saturated heterocycles. The van der Waals surface area contributed by atoms with E-state index in [1.165, 1.54) is 43.2 Å². The van der Waals surface area contributed by atoms with E-state index in [1.54, 1.807) is 0 Å². The molecule has 144 valence electrons. The molecule has 2 saturated carbocycles. The van der Waals surface area contributed by atoms with E-state index in [4.69, 9.17) is 9.47 Å². The van der Waals surface area contributed by atoms with Gasteiger partial charge in [-0.15, -0.1) is 0 Å². The lowest BCUT2D eigenvalue weighted by Gasteiger charge is -2.54. The molecule has 0 N–H and O–H groups in total. The monoisotopic (exact) mass is 365 g/mol. The number of rotatable bonds is 3. The topological polar surface area (TPSA) is 42.2 Å². The van der Waals surface area contributed by atoms with Crippen LogP contribution in [0.15, 0.2) is 24.3 Å². The Morgan fingerprint density at radius 3 is 2.81 bits per heavy atom. The van der Waals surface area contributed by atoms with Crippen molar-refractivity contribution in [1.82, 2.24) is 0 Å². The minimum Gasteiger partial charge on any atom is -0.353 e. The highest BCUT2D eigenvalue weighted by molar-refractivity contribution is 5.44. The van der Waals surface area contributed by atoms with Gasteiger partial charge >= 0.3 is 0 Å². The molecule has 27 heavy (non-hydrogen) atoms. The van der Waals surface area contributed by atoms with Crippen molar-refractivity contribution in [3.05, 3.63) is 35.4 Å². The van der Waals surface area contributed by atoms with E-state index >= 15 is 0 Å². The van der Waals surface area contributed by atoms with Crippen LogP contribution in [0, 0.1) is 28.6 Å². The van der Waals surface area contributed by atoms with Gasteiger partial charge in [0.15, 0.2) is 6.29 Å². The van der Waals surface area contributed by atoms with Gasteiger partial charge < -0.3 is 9.47 Å². The van der Waals surface area contributed by atoms with Crippen LogP contribution in [0.4, 0.5) is 0 Å². The zero-order valence-electron chi connectivity index (χ0n) is 16.3. The second kappa shape index (κ2) is 6.90. The molecule has 5 atom stereocenters. The van der Waals surface area contributed by atoms with E-state index in [0.29, 0.717) is 11.8 Å². The fourth-order valence-corrected chi connectivity index (χ4v) is 6.90. The van der Waals surface area contributed by atoms with Crippen LogP contribution < -0.4 is 0 Å². The summed E-state index contributed by atoms with van der Waals surface area (Å²) in [6.07, 6.45) is 11.7. The number of hydrogen-bond acceptors (Lipinski definition) is 3. The Kier molecular flexibility index (Phi) is 4.53. The first-order valence-corrected chi connectivity index (χ1v) is 11.0. The van der Waals surface area contributed by atoms with Crippen LogP contribution in [-0.2, 0) is 21.3 Å². The molecule has 0 amide bonds. The summed E-state index contributed by atoms with van der Waals surface area (Å²) in [7, 11) is 0. The van der Waals surface area contributed by atoms with Crippen LogP contribution in [0.5, 0.6) is 0 Å². The van der Waals surface area contributed by atoms with Crippen molar-refractivity contribution in [2.75, 3.05) is 13.2 Å². The van der Waals surface area contributed by atoms with Gasteiger partial charge in [0.1, 0.15) is 0 Å². The predicted octanol–water partition coefficient (Wildman–Crippen LogP) is 5.13. The minimum atomic E-state index is -0.269. The minimum absolute atomic E-state index is 0.00380. The van der Waals surface area contributed by atoms with E-state index in [-0.39, 0.29) is 17.1 Å². The first-order chi connectivity index (χ1) is 13.3. The number of fused-ring (bicyclic) bond motifs is 5. The highest BCUT2D eigenvalue weighted by Crippen LogP contribution is 2.63. The fourth-order valence-electron chi connectivity index (χ4n) is 6.90. The van der Waals surface area contributed by atoms with Crippen LogP contribution >= 0.6 is 0 Å². The zero-order chi connectivity index (χ0) is 18.3. The molecule has 5 rings (SSSR count). The first-order valence-electron chi connectivity index (χ1n) is 11.0. The zero-order valence-corrected chi connectivity index (χ0v) is 16.3. The van der Waals surface area contributed by atoms with E-state index < -0.39 is 0 Å². The summed E-state index contributed by atoms with van der Waals surface area (Å²) >= 11 is 0. The van der Waals surface area contributed by atoms with Crippen molar-refractivity contribution in [2.24, 2.45) is 17.3 Å². The third kappa shape index (κ3) is 2.76. The number of nitrogens with zero attached hydrogens (tertiary/aromatic N) is 1. The van der Waals surface area contributed by atoms with Crippen molar-refractivity contribution in [2.45, 2.75) is 75.9 Å². The lowest BCUT2D eigenvalue weighted by Crippen LogP contribution is -2.52. The van der Waals surface area contributed by atoms with Gasteiger partial charge in [-0.25, -0.2) is 0 Å². The Balaban J connectivity index is 1.42. The lowest BCUT2D eigenvalue weighted by molar-refractivity contribution is -0.190. The molecule has 0 aromatic heterocycles. The van der Waals surface area contributed by atoms with Crippen molar-refractivity contribution in [3.8, 4) is 6.07 Å². The summed E-state index contributed by atoms with van der Waals surface area (Å²) < 4.78 is 12.2. The summed E-state index contributed by atoms with van der Waals surface area (Å²) in [5, 5.41) is 10.4. The number of hydrogen-bond donors (Lipinski definition) is 0. The third-order valence-electron chi connectivity index (χ3n) is 8.23. The number of ether oxygens (including phenoxy) is 2. The summed E-state index contributed by atoms with van der Waals surface area (Å²) in [5.74, 6) is 1.12. The van der Waals surface area contributed by atoms with Gasteiger partial charge in [0.25, 0.3) is 0 Å².